The van der Waals surface area contributed by atoms with Crippen LogP contribution in [0.1, 0.15) is 142 Å². The zero-order chi connectivity index (χ0) is 27.9. The van der Waals surface area contributed by atoms with Crippen LogP contribution in [-0.4, -0.2) is 67.3 Å². The molecule has 38 heavy (non-hydrogen) atoms. The Labute approximate surface area is 247 Å². The van der Waals surface area contributed by atoms with Crippen LogP contribution in [0.25, 0.3) is 0 Å². The zero-order valence-corrected chi connectivity index (χ0v) is 27.7. The van der Waals surface area contributed by atoms with Crippen molar-refractivity contribution >= 4 is 29.6 Å². The number of nitrogens with zero attached hydrogens (tertiary/aromatic N) is 1. The van der Waals surface area contributed by atoms with Crippen LogP contribution in [0.5, 0.6) is 0 Å². The summed E-state index contributed by atoms with van der Waals surface area (Å²) in [7, 11) is 4.03. The maximum atomic E-state index is 12.1. The third kappa shape index (κ3) is 30.5. The summed E-state index contributed by atoms with van der Waals surface area (Å²) in [6.07, 6.45) is 27.5. The molecular formula is C32H66N2O2S2. The van der Waals surface area contributed by atoms with E-state index in [0.717, 1.165) is 12.3 Å². The molecule has 0 rings (SSSR count). The molecule has 6 heteroatoms. The molecule has 0 spiro atoms. The van der Waals surface area contributed by atoms with E-state index < -0.39 is 0 Å². The minimum absolute atomic E-state index is 0.268. The van der Waals surface area contributed by atoms with Gasteiger partial charge in [-0.2, -0.15) is 23.5 Å². The highest BCUT2D eigenvalue weighted by Gasteiger charge is 2.13. The van der Waals surface area contributed by atoms with E-state index in [0.29, 0.717) is 18.4 Å². The maximum absolute atomic E-state index is 12.1. The highest BCUT2D eigenvalue weighted by molar-refractivity contribution is 8.03. The third-order valence-electron chi connectivity index (χ3n) is 7.03. The third-order valence-corrected chi connectivity index (χ3v) is 9.75. The maximum Gasteiger partial charge on any atom is 0.407 e. The molecule has 0 aliphatic heterocycles. The van der Waals surface area contributed by atoms with Gasteiger partial charge in [-0.15, -0.1) is 0 Å². The van der Waals surface area contributed by atoms with Gasteiger partial charge < -0.3 is 15.0 Å². The second-order valence-corrected chi connectivity index (χ2v) is 13.8. The molecule has 4 nitrogen and oxygen atoms in total. The smallest absolute Gasteiger partial charge is 0.407 e. The van der Waals surface area contributed by atoms with Crippen molar-refractivity contribution in [3.05, 3.63) is 0 Å². The molecule has 0 aliphatic rings. The average molecular weight is 575 g/mol. The number of thioether (sulfide) groups is 2. The van der Waals surface area contributed by atoms with Crippen molar-refractivity contribution in [2.24, 2.45) is 0 Å². The highest BCUT2D eigenvalue weighted by Crippen LogP contribution is 2.21. The van der Waals surface area contributed by atoms with Crippen molar-refractivity contribution in [3.8, 4) is 0 Å². The van der Waals surface area contributed by atoms with Crippen molar-refractivity contribution in [2.45, 2.75) is 148 Å². The first-order chi connectivity index (χ1) is 18.6. The van der Waals surface area contributed by atoms with Crippen LogP contribution in [0.2, 0.25) is 0 Å². The summed E-state index contributed by atoms with van der Waals surface area (Å²) in [6, 6.07) is 0. The van der Waals surface area contributed by atoms with Crippen LogP contribution < -0.4 is 5.32 Å². The van der Waals surface area contributed by atoms with Crippen LogP contribution in [0.4, 0.5) is 4.79 Å². The second kappa shape index (κ2) is 31.5. The lowest BCUT2D eigenvalue weighted by Crippen LogP contribution is -2.33. The summed E-state index contributed by atoms with van der Waals surface area (Å²) in [5, 5.41) is 3.28. The van der Waals surface area contributed by atoms with E-state index in [4.69, 9.17) is 4.74 Å². The molecule has 0 aromatic rings. The first-order valence-electron chi connectivity index (χ1n) is 16.3. The highest BCUT2D eigenvalue weighted by atomic mass is 32.2. The molecule has 0 aromatic heterocycles. The van der Waals surface area contributed by atoms with Gasteiger partial charge in [0.1, 0.15) is 6.61 Å². The summed E-state index contributed by atoms with van der Waals surface area (Å²) < 4.78 is 5.59. The Balaban J connectivity index is 3.97. The SMILES string of the molecule is CCCCCCCCCCCCSCC(COC(=O)NCCN(C)C)SCCCCCCCCCCCC. The summed E-state index contributed by atoms with van der Waals surface area (Å²) in [5.41, 5.74) is 0. The minimum atomic E-state index is -0.268. The molecular weight excluding hydrogens is 508 g/mol. The van der Waals surface area contributed by atoms with Gasteiger partial charge in [0.15, 0.2) is 0 Å². The summed E-state index contributed by atoms with van der Waals surface area (Å²) in [4.78, 5) is 14.2. The van der Waals surface area contributed by atoms with E-state index in [2.05, 4.69) is 35.8 Å². The van der Waals surface area contributed by atoms with Crippen LogP contribution >= 0.6 is 23.5 Å². The number of carbonyl (C=O) groups excluding carboxylic acids is 1. The second-order valence-electron chi connectivity index (χ2n) is 11.3. The standard InChI is InChI=1S/C32H66N2O2S2/c1-5-7-9-11-13-15-17-19-21-23-27-37-30-31(29-36-32(35)33-25-26-34(3)4)38-28-24-22-20-18-16-14-12-10-8-6-2/h31H,5-30H2,1-4H3,(H,33,35). The number of nitrogens with one attached hydrogen (secondary N) is 1. The molecule has 0 fully saturated rings. The molecule has 0 saturated carbocycles. The van der Waals surface area contributed by atoms with E-state index in [1.54, 1.807) is 0 Å². The number of alkyl carbamates (subject to hydrolysis) is 1. The van der Waals surface area contributed by atoms with Gasteiger partial charge >= 0.3 is 6.09 Å². The summed E-state index contributed by atoms with van der Waals surface area (Å²) in [6.45, 7) is 6.57. The summed E-state index contributed by atoms with van der Waals surface area (Å²) in [5.74, 6) is 3.51. The van der Waals surface area contributed by atoms with Gasteiger partial charge in [-0.1, -0.05) is 129 Å². The Hall–Kier alpha value is -0.0700. The predicted octanol–water partition coefficient (Wildman–Crippen LogP) is 9.95. The molecule has 228 valence electrons. The van der Waals surface area contributed by atoms with Crippen molar-refractivity contribution in [1.82, 2.24) is 10.2 Å². The van der Waals surface area contributed by atoms with E-state index in [1.165, 1.54) is 140 Å². The van der Waals surface area contributed by atoms with Crippen LogP contribution in [0.3, 0.4) is 0 Å². The molecule has 1 N–H and O–H groups in total. The average Bonchev–Trinajstić information content (AvgIpc) is 2.90. The number of likely N-dealkylation sites (N-methyl/N-ethyl adjacent to an activating group) is 1. The monoisotopic (exact) mass is 574 g/mol. The van der Waals surface area contributed by atoms with Gasteiger partial charge in [0.05, 0.1) is 0 Å². The lowest BCUT2D eigenvalue weighted by molar-refractivity contribution is 0.147. The van der Waals surface area contributed by atoms with Crippen LogP contribution in [-0.2, 0) is 4.74 Å². The molecule has 0 heterocycles. The van der Waals surface area contributed by atoms with Crippen molar-refractivity contribution in [2.75, 3.05) is 51.1 Å². The molecule has 1 unspecified atom stereocenters. The lowest BCUT2D eigenvalue weighted by Gasteiger charge is -2.17. The Kier molecular flexibility index (Phi) is 31.4. The lowest BCUT2D eigenvalue weighted by atomic mass is 10.1. The Morgan fingerprint density at radius 3 is 1.61 bits per heavy atom. The van der Waals surface area contributed by atoms with Gasteiger partial charge in [0.2, 0.25) is 0 Å². The normalized spacial score (nSPS) is 12.2. The molecule has 0 aromatic carbocycles. The topological polar surface area (TPSA) is 41.6 Å². The molecule has 0 aliphatic carbocycles. The van der Waals surface area contributed by atoms with Crippen molar-refractivity contribution < 1.29 is 9.53 Å². The van der Waals surface area contributed by atoms with Gasteiger partial charge in [-0.05, 0) is 38.4 Å². The molecule has 1 amide bonds. The quantitative estimate of drug-likeness (QED) is 0.0865. The van der Waals surface area contributed by atoms with Crippen LogP contribution in [0.15, 0.2) is 0 Å². The largest absolute Gasteiger partial charge is 0.448 e. The first kappa shape index (κ1) is 37.9. The fourth-order valence-electron chi connectivity index (χ4n) is 4.49. The summed E-state index contributed by atoms with van der Waals surface area (Å²) >= 11 is 4.07. The Morgan fingerprint density at radius 2 is 1.13 bits per heavy atom. The van der Waals surface area contributed by atoms with Crippen molar-refractivity contribution in [1.29, 1.82) is 0 Å². The Morgan fingerprint density at radius 1 is 0.684 bits per heavy atom. The number of unbranched alkanes of at least 4 members (excludes halogenated alkanes) is 18. The van der Waals surface area contributed by atoms with Gasteiger partial charge in [0, 0.05) is 24.1 Å². The van der Waals surface area contributed by atoms with Gasteiger partial charge in [-0.3, -0.25) is 0 Å². The number of ether oxygens (including phenoxy) is 1. The van der Waals surface area contributed by atoms with E-state index >= 15 is 0 Å². The minimum Gasteiger partial charge on any atom is -0.448 e. The fourth-order valence-corrected chi connectivity index (χ4v) is 6.97. The predicted molar refractivity (Wildman–Crippen MR) is 175 cm³/mol. The Bertz CT molecular complexity index is 480. The van der Waals surface area contributed by atoms with Crippen LogP contribution in [0, 0.1) is 0 Å². The fraction of sp³-hybridized carbons (Fsp3) is 0.969. The number of amides is 1. The molecule has 0 saturated heterocycles. The number of carbonyl (C=O) groups is 1. The molecule has 0 radical (unpaired) electrons. The van der Waals surface area contributed by atoms with E-state index in [9.17, 15) is 4.79 Å². The first-order valence-corrected chi connectivity index (χ1v) is 18.5. The van der Waals surface area contributed by atoms with Crippen molar-refractivity contribution in [3.63, 3.8) is 0 Å². The van der Waals surface area contributed by atoms with Gasteiger partial charge in [0.25, 0.3) is 0 Å². The number of hydrogen-bond acceptors (Lipinski definition) is 5. The van der Waals surface area contributed by atoms with Gasteiger partial charge in [-0.25, -0.2) is 4.79 Å². The molecule has 0 bridgehead atoms. The zero-order valence-electron chi connectivity index (χ0n) is 26.0. The number of hydrogen-bond donors (Lipinski definition) is 1. The van der Waals surface area contributed by atoms with E-state index in [1.807, 2.05) is 25.9 Å². The number of rotatable bonds is 30. The molecule has 1 atom stereocenters. The van der Waals surface area contributed by atoms with E-state index in [-0.39, 0.29) is 6.09 Å².